The summed E-state index contributed by atoms with van der Waals surface area (Å²) in [6.45, 7) is 3.05. The van der Waals surface area contributed by atoms with Crippen molar-refractivity contribution in [2.45, 2.75) is 32.2 Å². The zero-order chi connectivity index (χ0) is 20.6. The molecule has 2 N–H and O–H groups in total. The van der Waals surface area contributed by atoms with Crippen LogP contribution < -0.4 is 20.3 Å². The molecule has 150 valence electrons. The molecule has 1 unspecified atom stereocenters. The van der Waals surface area contributed by atoms with Gasteiger partial charge in [-0.25, -0.2) is 0 Å². The van der Waals surface area contributed by atoms with E-state index in [0.717, 1.165) is 17.9 Å². The van der Waals surface area contributed by atoms with Gasteiger partial charge in [-0.05, 0) is 42.8 Å². The van der Waals surface area contributed by atoms with E-state index in [2.05, 4.69) is 16.7 Å². The third kappa shape index (κ3) is 5.05. The molecular weight excluding hydrogens is 368 g/mol. The molecule has 1 aliphatic heterocycles. The smallest absolute Gasteiger partial charge is 0.247 e. The molecule has 1 aliphatic rings. The number of hydrogen-bond donors (Lipinski definition) is 2. The summed E-state index contributed by atoms with van der Waals surface area (Å²) < 4.78 is 5.54. The van der Waals surface area contributed by atoms with Crippen LogP contribution in [0.4, 0.5) is 17.1 Å². The molecule has 0 bridgehead atoms. The minimum atomic E-state index is -0.676. The Morgan fingerprint density at radius 2 is 2.00 bits per heavy atom. The highest BCUT2D eigenvalue weighted by molar-refractivity contribution is 6.06. The lowest BCUT2D eigenvalue weighted by molar-refractivity contribution is -0.122. The lowest BCUT2D eigenvalue weighted by atomic mass is 10.0. The minimum absolute atomic E-state index is 0.0142. The van der Waals surface area contributed by atoms with Crippen molar-refractivity contribution in [3.8, 4) is 11.8 Å². The summed E-state index contributed by atoms with van der Waals surface area (Å²) in [7, 11) is 0. The van der Waals surface area contributed by atoms with Crippen LogP contribution in [-0.2, 0) is 9.59 Å². The van der Waals surface area contributed by atoms with Crippen molar-refractivity contribution in [2.24, 2.45) is 0 Å². The number of ether oxygens (including phenoxy) is 1. The molecule has 2 amide bonds. The van der Waals surface area contributed by atoms with Crippen LogP contribution in [0.15, 0.2) is 48.5 Å². The Hall–Kier alpha value is -3.53. The fourth-order valence-corrected chi connectivity index (χ4v) is 3.25. The van der Waals surface area contributed by atoms with Gasteiger partial charge in [-0.15, -0.1) is 0 Å². The number of carbonyl (C=O) groups is 2. The van der Waals surface area contributed by atoms with Crippen LogP contribution in [0.5, 0.6) is 5.75 Å². The van der Waals surface area contributed by atoms with E-state index in [4.69, 9.17) is 10.00 Å². The van der Waals surface area contributed by atoms with Crippen molar-refractivity contribution in [1.29, 1.82) is 5.26 Å². The van der Waals surface area contributed by atoms with Gasteiger partial charge in [-0.3, -0.25) is 9.59 Å². The summed E-state index contributed by atoms with van der Waals surface area (Å²) in [5.41, 5.74) is 2.14. The Bertz CT molecular complexity index is 905. The van der Waals surface area contributed by atoms with Crippen molar-refractivity contribution in [1.82, 2.24) is 0 Å². The van der Waals surface area contributed by atoms with Crippen LogP contribution in [0.1, 0.15) is 26.2 Å². The van der Waals surface area contributed by atoms with E-state index < -0.39 is 6.04 Å². The standard InChI is InChI=1S/C22H24N4O3/c1-2-14-29-17-10-8-16(9-11-17)24-21(27)15-20-22(28)25-18-6-3-4-7-19(18)26(20)13-5-12-23/h3-4,6-11,20H,2,5,13-15H2,1H3,(H,24,27)(H,25,28). The number of benzene rings is 2. The number of nitrogens with zero attached hydrogens (tertiary/aromatic N) is 2. The van der Waals surface area contributed by atoms with Crippen LogP contribution in [-0.4, -0.2) is 31.0 Å². The van der Waals surface area contributed by atoms with Gasteiger partial charge in [0.1, 0.15) is 11.8 Å². The normalized spacial score (nSPS) is 15.1. The second-order valence-corrected chi connectivity index (χ2v) is 6.75. The van der Waals surface area contributed by atoms with Crippen molar-refractivity contribution in [3.63, 3.8) is 0 Å². The lowest BCUT2D eigenvalue weighted by Gasteiger charge is -2.37. The molecular formula is C22H24N4O3. The number of nitrogens with one attached hydrogen (secondary N) is 2. The first-order valence-corrected chi connectivity index (χ1v) is 9.68. The highest BCUT2D eigenvalue weighted by atomic mass is 16.5. The van der Waals surface area contributed by atoms with Gasteiger partial charge < -0.3 is 20.3 Å². The van der Waals surface area contributed by atoms with Gasteiger partial charge in [0.15, 0.2) is 0 Å². The van der Waals surface area contributed by atoms with Gasteiger partial charge in [-0.2, -0.15) is 5.26 Å². The van der Waals surface area contributed by atoms with Gasteiger partial charge >= 0.3 is 0 Å². The van der Waals surface area contributed by atoms with Gasteiger partial charge in [0, 0.05) is 12.2 Å². The average Bonchev–Trinajstić information content (AvgIpc) is 2.73. The van der Waals surface area contributed by atoms with Crippen LogP contribution >= 0.6 is 0 Å². The number of carbonyl (C=O) groups excluding carboxylic acids is 2. The lowest BCUT2D eigenvalue weighted by Crippen LogP contribution is -2.50. The van der Waals surface area contributed by atoms with E-state index in [1.807, 2.05) is 36.1 Å². The molecule has 0 aliphatic carbocycles. The van der Waals surface area contributed by atoms with Gasteiger partial charge in [0.05, 0.1) is 36.9 Å². The van der Waals surface area contributed by atoms with Crippen molar-refractivity contribution >= 4 is 28.9 Å². The number of hydrogen-bond acceptors (Lipinski definition) is 5. The summed E-state index contributed by atoms with van der Waals surface area (Å²) in [6, 6.07) is 16.0. The number of amides is 2. The molecule has 1 heterocycles. The number of anilines is 3. The summed E-state index contributed by atoms with van der Waals surface area (Å²) in [5.74, 6) is 0.226. The van der Waals surface area contributed by atoms with Gasteiger partial charge in [0.25, 0.3) is 0 Å². The molecule has 0 saturated heterocycles. The predicted molar refractivity (Wildman–Crippen MR) is 112 cm³/mol. The summed E-state index contributed by atoms with van der Waals surface area (Å²) in [5, 5.41) is 14.7. The Labute approximate surface area is 170 Å². The third-order valence-corrected chi connectivity index (χ3v) is 4.60. The number of para-hydroxylation sites is 2. The van der Waals surface area contributed by atoms with E-state index in [1.165, 1.54) is 0 Å². The van der Waals surface area contributed by atoms with Crippen LogP contribution in [0.25, 0.3) is 0 Å². The summed E-state index contributed by atoms with van der Waals surface area (Å²) in [4.78, 5) is 27.1. The van der Waals surface area contributed by atoms with E-state index in [9.17, 15) is 9.59 Å². The molecule has 2 aromatic carbocycles. The first-order valence-electron chi connectivity index (χ1n) is 9.68. The molecule has 0 saturated carbocycles. The average molecular weight is 392 g/mol. The summed E-state index contributed by atoms with van der Waals surface area (Å²) >= 11 is 0. The second kappa shape index (κ2) is 9.60. The highest BCUT2D eigenvalue weighted by Gasteiger charge is 2.34. The molecule has 0 aromatic heterocycles. The quantitative estimate of drug-likeness (QED) is 0.716. The molecule has 2 aromatic rings. The first-order chi connectivity index (χ1) is 14.1. The zero-order valence-electron chi connectivity index (χ0n) is 16.4. The number of rotatable bonds is 8. The molecule has 7 heteroatoms. The maximum atomic E-state index is 12.6. The predicted octanol–water partition coefficient (Wildman–Crippen LogP) is 3.54. The molecule has 7 nitrogen and oxygen atoms in total. The highest BCUT2D eigenvalue weighted by Crippen LogP contribution is 2.33. The van der Waals surface area contributed by atoms with Crippen molar-refractivity contribution < 1.29 is 14.3 Å². The van der Waals surface area contributed by atoms with Crippen molar-refractivity contribution in [2.75, 3.05) is 28.7 Å². The first kappa shape index (κ1) is 20.2. The molecule has 1 atom stereocenters. The Morgan fingerprint density at radius 3 is 2.72 bits per heavy atom. The molecule has 3 rings (SSSR count). The monoisotopic (exact) mass is 392 g/mol. The maximum Gasteiger partial charge on any atom is 0.247 e. The third-order valence-electron chi connectivity index (χ3n) is 4.60. The van der Waals surface area contributed by atoms with Gasteiger partial charge in [-0.1, -0.05) is 19.1 Å². The zero-order valence-corrected chi connectivity index (χ0v) is 16.4. The molecule has 0 fully saturated rings. The SMILES string of the molecule is CCCOc1ccc(NC(=O)CC2C(=O)Nc3ccccc3N2CCC#N)cc1. The van der Waals surface area contributed by atoms with E-state index >= 15 is 0 Å². The second-order valence-electron chi connectivity index (χ2n) is 6.75. The maximum absolute atomic E-state index is 12.6. The fourth-order valence-electron chi connectivity index (χ4n) is 3.25. The largest absolute Gasteiger partial charge is 0.494 e. The Balaban J connectivity index is 1.69. The van der Waals surface area contributed by atoms with E-state index in [0.29, 0.717) is 24.5 Å². The van der Waals surface area contributed by atoms with E-state index in [1.54, 1.807) is 24.3 Å². The topological polar surface area (TPSA) is 94.5 Å². The number of nitriles is 1. The van der Waals surface area contributed by atoms with Crippen LogP contribution in [0.3, 0.4) is 0 Å². The molecule has 0 radical (unpaired) electrons. The van der Waals surface area contributed by atoms with Crippen LogP contribution in [0, 0.1) is 11.3 Å². The van der Waals surface area contributed by atoms with Gasteiger partial charge in [0.2, 0.25) is 11.8 Å². The minimum Gasteiger partial charge on any atom is -0.494 e. The summed E-state index contributed by atoms with van der Waals surface area (Å²) in [6.07, 6.45) is 1.17. The number of fused-ring (bicyclic) bond motifs is 1. The van der Waals surface area contributed by atoms with Crippen LogP contribution in [0.2, 0.25) is 0 Å². The fraction of sp³-hybridized carbons (Fsp3) is 0.318. The molecule has 29 heavy (non-hydrogen) atoms. The Kier molecular flexibility index (Phi) is 6.69. The molecule has 0 spiro atoms. The van der Waals surface area contributed by atoms with E-state index in [-0.39, 0.29) is 24.7 Å². The van der Waals surface area contributed by atoms with Crippen molar-refractivity contribution in [3.05, 3.63) is 48.5 Å². The Morgan fingerprint density at radius 1 is 1.24 bits per heavy atom.